The molecule has 0 amide bonds. The Morgan fingerprint density at radius 2 is 1.85 bits per heavy atom. The molecule has 5 nitrogen and oxygen atoms in total. The molecule has 1 unspecified atom stereocenters. The van der Waals surface area contributed by atoms with Gasteiger partial charge < -0.3 is 0 Å². The summed E-state index contributed by atoms with van der Waals surface area (Å²) >= 11 is 1.13. The summed E-state index contributed by atoms with van der Waals surface area (Å²) in [5, 5.41) is -0.235. The minimum absolute atomic E-state index is 0.0825. The lowest BCUT2D eigenvalue weighted by atomic mass is 9.80. The van der Waals surface area contributed by atoms with Crippen molar-refractivity contribution in [2.45, 2.75) is 61.1 Å². The molecule has 34 heavy (non-hydrogen) atoms. The van der Waals surface area contributed by atoms with E-state index in [9.17, 15) is 31.5 Å². The van der Waals surface area contributed by atoms with Gasteiger partial charge in [-0.1, -0.05) is 6.07 Å². The van der Waals surface area contributed by atoms with Gasteiger partial charge in [-0.25, -0.2) is 13.6 Å². The largest absolute Gasteiger partial charge is 0.416 e. The normalized spacial score (nSPS) is 20.9. The Hall–Kier alpha value is -2.69. The van der Waals surface area contributed by atoms with Crippen molar-refractivity contribution in [3.63, 3.8) is 0 Å². The monoisotopic (exact) mass is 497 g/mol. The molecule has 2 aliphatic rings. The van der Waals surface area contributed by atoms with E-state index in [2.05, 4.69) is 9.97 Å². The molecule has 1 aliphatic heterocycles. The van der Waals surface area contributed by atoms with Gasteiger partial charge in [0.1, 0.15) is 0 Å². The second kappa shape index (κ2) is 8.21. The predicted molar refractivity (Wildman–Crippen MR) is 118 cm³/mol. The summed E-state index contributed by atoms with van der Waals surface area (Å²) in [5.74, 6) is -3.64. The SMILES string of the molecule is O=c1[nH]c(=O)n2c3c(c(C4CCC(F)(F)CC4)c(C(F)(F)F)cc13)SCC(c1ccccn1)C2. The van der Waals surface area contributed by atoms with Gasteiger partial charge in [0, 0.05) is 47.8 Å². The van der Waals surface area contributed by atoms with E-state index >= 15 is 0 Å². The fraction of sp³-hybridized carbons (Fsp3) is 0.435. The zero-order valence-corrected chi connectivity index (χ0v) is 18.6. The molecular formula is C23H20F5N3O2S. The molecule has 1 aromatic carbocycles. The number of thioether (sulfide) groups is 1. The van der Waals surface area contributed by atoms with E-state index in [0.717, 1.165) is 17.8 Å². The summed E-state index contributed by atoms with van der Waals surface area (Å²) < 4.78 is 71.6. The van der Waals surface area contributed by atoms with Gasteiger partial charge in [-0.2, -0.15) is 13.2 Å². The Morgan fingerprint density at radius 3 is 2.50 bits per heavy atom. The second-order valence-corrected chi connectivity index (χ2v) is 9.85. The van der Waals surface area contributed by atoms with Crippen molar-refractivity contribution in [2.24, 2.45) is 0 Å². The van der Waals surface area contributed by atoms with E-state index in [4.69, 9.17) is 0 Å². The van der Waals surface area contributed by atoms with Crippen LogP contribution in [-0.2, 0) is 12.7 Å². The van der Waals surface area contributed by atoms with E-state index in [-0.39, 0.29) is 46.7 Å². The highest BCUT2D eigenvalue weighted by Crippen LogP contribution is 2.50. The Bertz CT molecular complexity index is 1360. The topological polar surface area (TPSA) is 67.8 Å². The van der Waals surface area contributed by atoms with E-state index in [1.54, 1.807) is 24.4 Å². The maximum atomic E-state index is 14.2. The van der Waals surface area contributed by atoms with E-state index < -0.39 is 47.7 Å². The second-order valence-electron chi connectivity index (χ2n) is 8.82. The molecule has 0 radical (unpaired) electrons. The number of benzene rings is 1. The summed E-state index contributed by atoms with van der Waals surface area (Å²) in [7, 11) is 0. The summed E-state index contributed by atoms with van der Waals surface area (Å²) in [6.07, 6.45) is -4.41. The molecule has 1 fully saturated rings. The molecule has 1 N–H and O–H groups in total. The third-order valence-corrected chi connectivity index (χ3v) is 7.91. The van der Waals surface area contributed by atoms with Crippen LogP contribution in [0, 0.1) is 0 Å². The van der Waals surface area contributed by atoms with Crippen LogP contribution in [0.15, 0.2) is 44.9 Å². The van der Waals surface area contributed by atoms with Crippen molar-refractivity contribution in [1.82, 2.24) is 14.5 Å². The molecule has 0 spiro atoms. The van der Waals surface area contributed by atoms with Crippen LogP contribution in [0.4, 0.5) is 22.0 Å². The number of nitrogens with zero attached hydrogens (tertiary/aromatic N) is 2. The fourth-order valence-corrected chi connectivity index (χ4v) is 6.41. The standard InChI is InChI=1S/C23H20F5N3O2S/c24-22(25)6-4-12(5-7-22)17-15(23(26,27)28)9-14-18-19(17)34-11-13(16-3-1-2-8-29-16)10-31(18)21(33)30-20(14)32/h1-3,8-9,12-13H,4-7,10-11H2,(H,30,32,33). The van der Waals surface area contributed by atoms with Crippen molar-refractivity contribution in [3.8, 4) is 0 Å². The lowest BCUT2D eigenvalue weighted by Crippen LogP contribution is -2.32. The van der Waals surface area contributed by atoms with Gasteiger partial charge in [-0.05, 0) is 42.5 Å². The van der Waals surface area contributed by atoms with Crippen LogP contribution < -0.4 is 11.2 Å². The van der Waals surface area contributed by atoms with Crippen LogP contribution in [0.5, 0.6) is 0 Å². The van der Waals surface area contributed by atoms with Gasteiger partial charge >= 0.3 is 11.9 Å². The molecule has 2 aromatic heterocycles. The summed E-state index contributed by atoms with van der Waals surface area (Å²) in [6, 6.07) is 6.07. The molecule has 0 bridgehead atoms. The number of H-pyrrole nitrogens is 1. The quantitative estimate of drug-likeness (QED) is 0.489. The van der Waals surface area contributed by atoms with Crippen LogP contribution in [0.1, 0.15) is 54.3 Å². The third kappa shape index (κ3) is 4.03. The van der Waals surface area contributed by atoms with Crippen molar-refractivity contribution < 1.29 is 22.0 Å². The molecule has 3 aromatic rings. The van der Waals surface area contributed by atoms with Gasteiger partial charge in [0.2, 0.25) is 5.92 Å². The number of alkyl halides is 5. The maximum Gasteiger partial charge on any atom is 0.416 e. The number of hydrogen-bond acceptors (Lipinski definition) is 4. The number of pyridine rings is 1. The van der Waals surface area contributed by atoms with Crippen LogP contribution in [0.3, 0.4) is 0 Å². The van der Waals surface area contributed by atoms with E-state index in [1.165, 1.54) is 4.57 Å². The molecule has 1 saturated carbocycles. The third-order valence-electron chi connectivity index (χ3n) is 6.64. The predicted octanol–water partition coefficient (Wildman–Crippen LogP) is 5.29. The lowest BCUT2D eigenvalue weighted by Gasteiger charge is -2.31. The molecule has 5 rings (SSSR count). The molecule has 180 valence electrons. The first kappa shape index (κ1) is 23.1. The molecule has 0 saturated heterocycles. The average Bonchev–Trinajstić information content (AvgIpc) is 2.98. The number of aromatic nitrogens is 3. The van der Waals surface area contributed by atoms with Gasteiger partial charge in [-0.15, -0.1) is 11.8 Å². The Morgan fingerprint density at radius 1 is 1.12 bits per heavy atom. The van der Waals surface area contributed by atoms with Gasteiger partial charge in [0.15, 0.2) is 0 Å². The first-order valence-electron chi connectivity index (χ1n) is 10.9. The van der Waals surface area contributed by atoms with Crippen molar-refractivity contribution in [3.05, 3.63) is 68.1 Å². The van der Waals surface area contributed by atoms with Gasteiger partial charge in [0.25, 0.3) is 5.56 Å². The van der Waals surface area contributed by atoms with Gasteiger partial charge in [0.05, 0.1) is 16.5 Å². The number of rotatable bonds is 2. The highest BCUT2D eigenvalue weighted by Gasteiger charge is 2.43. The highest BCUT2D eigenvalue weighted by atomic mass is 32.2. The van der Waals surface area contributed by atoms with E-state index in [1.807, 2.05) is 0 Å². The number of hydrogen-bond donors (Lipinski definition) is 1. The molecule has 1 atom stereocenters. The summed E-state index contributed by atoms with van der Waals surface area (Å²) in [4.78, 5) is 32.1. The van der Waals surface area contributed by atoms with E-state index in [0.29, 0.717) is 11.4 Å². The maximum absolute atomic E-state index is 14.2. The Kier molecular flexibility index (Phi) is 5.57. The minimum Gasteiger partial charge on any atom is -0.291 e. The highest BCUT2D eigenvalue weighted by molar-refractivity contribution is 7.99. The van der Waals surface area contributed by atoms with Crippen LogP contribution in [0.2, 0.25) is 0 Å². The smallest absolute Gasteiger partial charge is 0.291 e. The van der Waals surface area contributed by atoms with Crippen molar-refractivity contribution in [2.75, 3.05) is 5.75 Å². The zero-order chi connectivity index (χ0) is 24.3. The van der Waals surface area contributed by atoms with Crippen LogP contribution >= 0.6 is 11.8 Å². The summed E-state index contributed by atoms with van der Waals surface area (Å²) in [5.41, 5.74) is -1.89. The molecule has 11 heteroatoms. The molecule has 3 heterocycles. The Labute approximate surface area is 194 Å². The van der Waals surface area contributed by atoms with Crippen molar-refractivity contribution in [1.29, 1.82) is 0 Å². The van der Waals surface area contributed by atoms with Gasteiger partial charge in [-0.3, -0.25) is 19.3 Å². The number of halogens is 5. The van der Waals surface area contributed by atoms with Crippen LogP contribution in [0.25, 0.3) is 10.9 Å². The Balaban J connectivity index is 1.77. The van der Waals surface area contributed by atoms with Crippen LogP contribution in [-0.4, -0.2) is 26.2 Å². The number of nitrogens with one attached hydrogen (secondary N) is 1. The zero-order valence-electron chi connectivity index (χ0n) is 17.8. The summed E-state index contributed by atoms with van der Waals surface area (Å²) in [6.45, 7) is 0.122. The van der Waals surface area contributed by atoms with Crippen molar-refractivity contribution >= 4 is 22.7 Å². The number of aromatic amines is 1. The first-order chi connectivity index (χ1) is 16.0. The minimum atomic E-state index is -4.79. The average molecular weight is 497 g/mol. The molecular weight excluding hydrogens is 477 g/mol. The fourth-order valence-electron chi connectivity index (χ4n) is 4.98. The first-order valence-corrected chi connectivity index (χ1v) is 11.9. The lowest BCUT2D eigenvalue weighted by molar-refractivity contribution is -0.138. The molecule has 1 aliphatic carbocycles.